The molecule has 0 aromatic heterocycles. The maximum atomic E-state index is 14.1. The molecule has 0 aliphatic heterocycles. The van der Waals surface area contributed by atoms with Crippen molar-refractivity contribution in [3.63, 3.8) is 0 Å². The second-order valence-electron chi connectivity index (χ2n) is 7.90. The Morgan fingerprint density at radius 3 is 2.16 bits per heavy atom. The normalized spacial score (nSPS) is 27.2. The Kier molecular flexibility index (Phi) is 6.24. The van der Waals surface area contributed by atoms with Gasteiger partial charge in [-0.2, -0.15) is 0 Å². The van der Waals surface area contributed by atoms with E-state index >= 15 is 0 Å². The molecule has 138 valence electrons. The van der Waals surface area contributed by atoms with E-state index in [-0.39, 0.29) is 23.0 Å². The molecule has 1 unspecified atom stereocenters. The summed E-state index contributed by atoms with van der Waals surface area (Å²) in [5.74, 6) is 1.19. The molecule has 3 heteroatoms. The van der Waals surface area contributed by atoms with Gasteiger partial charge in [0.05, 0.1) is 5.83 Å². The van der Waals surface area contributed by atoms with Crippen LogP contribution in [0.3, 0.4) is 0 Å². The van der Waals surface area contributed by atoms with Gasteiger partial charge in [-0.1, -0.05) is 25.8 Å². The molecule has 0 radical (unpaired) electrons. The first-order valence-electron chi connectivity index (χ1n) is 9.88. The van der Waals surface area contributed by atoms with E-state index < -0.39 is 0 Å². The van der Waals surface area contributed by atoms with Crippen molar-refractivity contribution in [1.82, 2.24) is 0 Å². The summed E-state index contributed by atoms with van der Waals surface area (Å²) in [6, 6.07) is 2.95. The zero-order chi connectivity index (χ0) is 17.8. The molecule has 0 N–H and O–H groups in total. The fourth-order valence-electron chi connectivity index (χ4n) is 4.65. The average molecular weight is 350 g/mol. The molecule has 0 nitrogen and oxygen atoms in total. The Hall–Kier alpha value is -1.25. The van der Waals surface area contributed by atoms with Crippen molar-refractivity contribution >= 4 is 0 Å². The van der Waals surface area contributed by atoms with Crippen LogP contribution in [-0.4, -0.2) is 0 Å². The summed E-state index contributed by atoms with van der Waals surface area (Å²) in [5.41, 5.74) is 0.976. The summed E-state index contributed by atoms with van der Waals surface area (Å²) in [4.78, 5) is 0. The van der Waals surface area contributed by atoms with Crippen LogP contribution in [0.15, 0.2) is 24.0 Å². The molecule has 0 spiro atoms. The standard InChI is InChI=1S/C22H29F3/c1-2-15-13-21(24)20(22(25)14-15)12-5-16-3-6-17(7-4-16)18-8-10-19(23)11-9-18/h10,13-14,16-18H,2-9,11-12H2,1H3. The van der Waals surface area contributed by atoms with Crippen molar-refractivity contribution in [3.8, 4) is 0 Å². The van der Waals surface area contributed by atoms with E-state index in [1.165, 1.54) is 25.0 Å². The number of benzene rings is 1. The molecule has 1 saturated carbocycles. The van der Waals surface area contributed by atoms with Crippen molar-refractivity contribution in [2.45, 2.75) is 71.1 Å². The topological polar surface area (TPSA) is 0 Å². The van der Waals surface area contributed by atoms with Crippen LogP contribution < -0.4 is 0 Å². The lowest BCUT2D eigenvalue weighted by molar-refractivity contribution is 0.184. The highest BCUT2D eigenvalue weighted by molar-refractivity contribution is 5.26. The predicted molar refractivity (Wildman–Crippen MR) is 96.0 cm³/mol. The molecule has 1 fully saturated rings. The first-order valence-corrected chi connectivity index (χ1v) is 9.88. The number of hydrogen-bond donors (Lipinski definition) is 0. The summed E-state index contributed by atoms with van der Waals surface area (Å²) in [6.07, 6.45) is 10.9. The number of aryl methyl sites for hydroxylation is 1. The van der Waals surface area contributed by atoms with E-state index in [9.17, 15) is 13.2 Å². The largest absolute Gasteiger partial charge is 0.212 e. The summed E-state index contributed by atoms with van der Waals surface area (Å²) >= 11 is 0. The molecule has 0 amide bonds. The minimum atomic E-state index is -0.387. The van der Waals surface area contributed by atoms with Gasteiger partial charge in [0.1, 0.15) is 11.6 Å². The van der Waals surface area contributed by atoms with E-state index in [0.29, 0.717) is 37.0 Å². The SMILES string of the molecule is CCc1cc(F)c(CCC2CCC(C3CC=C(F)CC3)CC2)c(F)c1. The Morgan fingerprint density at radius 2 is 1.60 bits per heavy atom. The van der Waals surface area contributed by atoms with Gasteiger partial charge >= 0.3 is 0 Å². The lowest BCUT2D eigenvalue weighted by Gasteiger charge is -2.35. The molecule has 3 rings (SSSR count). The third-order valence-electron chi connectivity index (χ3n) is 6.37. The summed E-state index contributed by atoms with van der Waals surface area (Å²) in [5, 5.41) is 0. The third-order valence-corrected chi connectivity index (χ3v) is 6.37. The monoisotopic (exact) mass is 350 g/mol. The van der Waals surface area contributed by atoms with Gasteiger partial charge in [-0.3, -0.25) is 0 Å². The van der Waals surface area contributed by atoms with Crippen LogP contribution in [0.25, 0.3) is 0 Å². The zero-order valence-electron chi connectivity index (χ0n) is 15.2. The highest BCUT2D eigenvalue weighted by atomic mass is 19.1. The predicted octanol–water partition coefficient (Wildman–Crippen LogP) is 6.92. The molecular formula is C22H29F3. The molecule has 1 aromatic rings. The van der Waals surface area contributed by atoms with E-state index in [0.717, 1.165) is 37.7 Å². The number of rotatable bonds is 5. The van der Waals surface area contributed by atoms with Crippen molar-refractivity contribution in [1.29, 1.82) is 0 Å². The first kappa shape index (κ1) is 18.5. The van der Waals surface area contributed by atoms with Crippen molar-refractivity contribution in [2.24, 2.45) is 17.8 Å². The van der Waals surface area contributed by atoms with Crippen molar-refractivity contribution in [3.05, 3.63) is 46.8 Å². The Balaban J connectivity index is 1.48. The van der Waals surface area contributed by atoms with Crippen LogP contribution in [0, 0.1) is 29.4 Å². The minimum Gasteiger partial charge on any atom is -0.212 e. The van der Waals surface area contributed by atoms with Gasteiger partial charge in [-0.05, 0) is 86.8 Å². The van der Waals surface area contributed by atoms with Crippen LogP contribution in [0.5, 0.6) is 0 Å². The van der Waals surface area contributed by atoms with Gasteiger partial charge in [-0.15, -0.1) is 0 Å². The van der Waals surface area contributed by atoms with Crippen LogP contribution in [0.4, 0.5) is 13.2 Å². The highest BCUT2D eigenvalue weighted by Gasteiger charge is 2.28. The van der Waals surface area contributed by atoms with Gasteiger partial charge in [-0.25, -0.2) is 13.2 Å². The van der Waals surface area contributed by atoms with Gasteiger partial charge in [0.15, 0.2) is 0 Å². The quantitative estimate of drug-likeness (QED) is 0.540. The molecule has 1 atom stereocenters. The lowest BCUT2D eigenvalue weighted by atomic mass is 9.71. The Morgan fingerprint density at radius 1 is 0.920 bits per heavy atom. The number of allylic oxidation sites excluding steroid dienone is 2. The molecule has 0 saturated heterocycles. The second kappa shape index (κ2) is 8.42. The summed E-state index contributed by atoms with van der Waals surface area (Å²) in [7, 11) is 0. The van der Waals surface area contributed by atoms with E-state index in [1.54, 1.807) is 6.08 Å². The maximum Gasteiger partial charge on any atom is 0.129 e. The van der Waals surface area contributed by atoms with Crippen LogP contribution in [-0.2, 0) is 12.8 Å². The third kappa shape index (κ3) is 4.68. The Labute approximate surface area is 149 Å². The summed E-state index contributed by atoms with van der Waals surface area (Å²) < 4.78 is 41.4. The maximum absolute atomic E-state index is 14.1. The van der Waals surface area contributed by atoms with Crippen LogP contribution >= 0.6 is 0 Å². The first-order chi connectivity index (χ1) is 12.1. The molecule has 25 heavy (non-hydrogen) atoms. The minimum absolute atomic E-state index is 0.0584. The van der Waals surface area contributed by atoms with Crippen molar-refractivity contribution in [2.75, 3.05) is 0 Å². The molecule has 1 aromatic carbocycles. The number of halogens is 3. The van der Waals surface area contributed by atoms with Crippen LogP contribution in [0.1, 0.15) is 69.4 Å². The fourth-order valence-corrected chi connectivity index (χ4v) is 4.65. The molecule has 0 bridgehead atoms. The molecule has 2 aliphatic carbocycles. The van der Waals surface area contributed by atoms with Crippen molar-refractivity contribution < 1.29 is 13.2 Å². The number of hydrogen-bond acceptors (Lipinski definition) is 0. The zero-order valence-corrected chi connectivity index (χ0v) is 15.2. The van der Waals surface area contributed by atoms with Gasteiger partial charge in [0.25, 0.3) is 0 Å². The van der Waals surface area contributed by atoms with Crippen LogP contribution in [0.2, 0.25) is 0 Å². The van der Waals surface area contributed by atoms with E-state index in [2.05, 4.69) is 0 Å². The Bertz CT molecular complexity index is 589. The molecule has 2 aliphatic rings. The van der Waals surface area contributed by atoms with E-state index in [1.807, 2.05) is 6.92 Å². The van der Waals surface area contributed by atoms with Gasteiger partial charge in [0, 0.05) is 5.56 Å². The lowest BCUT2D eigenvalue weighted by Crippen LogP contribution is -2.23. The fraction of sp³-hybridized carbons (Fsp3) is 0.636. The van der Waals surface area contributed by atoms with E-state index in [4.69, 9.17) is 0 Å². The van der Waals surface area contributed by atoms with Gasteiger partial charge in [0.2, 0.25) is 0 Å². The average Bonchev–Trinajstić information content (AvgIpc) is 2.62. The smallest absolute Gasteiger partial charge is 0.129 e. The van der Waals surface area contributed by atoms with Gasteiger partial charge < -0.3 is 0 Å². The second-order valence-corrected chi connectivity index (χ2v) is 7.90. The molecule has 0 heterocycles. The summed E-state index contributed by atoms with van der Waals surface area (Å²) in [6.45, 7) is 1.91. The highest BCUT2D eigenvalue weighted by Crippen LogP contribution is 2.40. The molecular weight excluding hydrogens is 321 g/mol.